The molecule has 0 unspecified atom stereocenters. The summed E-state index contributed by atoms with van der Waals surface area (Å²) in [7, 11) is 4.62. The third kappa shape index (κ3) is 4.79. The minimum absolute atomic E-state index is 0.0112. The summed E-state index contributed by atoms with van der Waals surface area (Å²) in [6.45, 7) is 1.95. The first-order valence-electron chi connectivity index (χ1n) is 9.58. The highest BCUT2D eigenvalue weighted by Crippen LogP contribution is 2.38. The van der Waals surface area contributed by atoms with E-state index in [1.807, 2.05) is 0 Å². The summed E-state index contributed by atoms with van der Waals surface area (Å²) >= 11 is 5.89. The lowest BCUT2D eigenvalue weighted by molar-refractivity contribution is -0.131. The molecule has 30 heavy (non-hydrogen) atoms. The van der Waals surface area contributed by atoms with Crippen molar-refractivity contribution in [3.05, 3.63) is 52.5 Å². The van der Waals surface area contributed by atoms with Crippen molar-refractivity contribution in [3.63, 3.8) is 0 Å². The number of amides is 2. The van der Waals surface area contributed by atoms with Crippen LogP contribution < -0.4 is 14.2 Å². The molecule has 160 valence electrons. The number of hydrogen-bond acceptors (Lipinski definition) is 5. The Labute approximate surface area is 181 Å². The quantitative estimate of drug-likeness (QED) is 0.702. The summed E-state index contributed by atoms with van der Waals surface area (Å²) in [5.74, 6) is 1.45. The van der Waals surface area contributed by atoms with Crippen LogP contribution in [0.4, 0.5) is 0 Å². The molecule has 0 radical (unpaired) electrons. The van der Waals surface area contributed by atoms with Crippen LogP contribution in [-0.4, -0.2) is 69.1 Å². The lowest BCUT2D eigenvalue weighted by Crippen LogP contribution is -2.51. The van der Waals surface area contributed by atoms with Crippen molar-refractivity contribution in [3.8, 4) is 17.2 Å². The predicted octanol–water partition coefficient (Wildman–Crippen LogP) is 2.89. The van der Waals surface area contributed by atoms with Crippen molar-refractivity contribution in [1.29, 1.82) is 0 Å². The molecule has 1 aliphatic rings. The molecule has 0 aliphatic carbocycles. The van der Waals surface area contributed by atoms with E-state index < -0.39 is 0 Å². The zero-order valence-electron chi connectivity index (χ0n) is 17.3. The molecule has 0 bridgehead atoms. The van der Waals surface area contributed by atoms with E-state index in [-0.39, 0.29) is 18.2 Å². The van der Waals surface area contributed by atoms with E-state index in [0.717, 1.165) is 5.56 Å². The van der Waals surface area contributed by atoms with E-state index in [9.17, 15) is 9.59 Å². The Hall–Kier alpha value is -2.93. The van der Waals surface area contributed by atoms with Crippen LogP contribution in [0.1, 0.15) is 15.9 Å². The molecular weight excluding hydrogens is 408 g/mol. The maximum absolute atomic E-state index is 12.8. The van der Waals surface area contributed by atoms with Crippen LogP contribution >= 0.6 is 11.6 Å². The van der Waals surface area contributed by atoms with Gasteiger partial charge in [0, 0.05) is 36.8 Å². The van der Waals surface area contributed by atoms with Gasteiger partial charge in [-0.1, -0.05) is 11.6 Å². The largest absolute Gasteiger partial charge is 0.493 e. The van der Waals surface area contributed by atoms with Crippen LogP contribution in [0, 0.1) is 0 Å². The molecule has 2 aromatic rings. The number of ether oxygens (including phenoxy) is 3. The average molecular weight is 433 g/mol. The van der Waals surface area contributed by atoms with E-state index >= 15 is 0 Å². The third-order valence-corrected chi connectivity index (χ3v) is 5.34. The second-order valence-corrected chi connectivity index (χ2v) is 7.33. The number of methoxy groups -OCH3 is 3. The fourth-order valence-corrected chi connectivity index (χ4v) is 3.58. The van der Waals surface area contributed by atoms with Gasteiger partial charge in [0.1, 0.15) is 0 Å². The third-order valence-electron chi connectivity index (χ3n) is 5.09. The molecule has 1 fully saturated rings. The molecule has 0 atom stereocenters. The van der Waals surface area contributed by atoms with Gasteiger partial charge in [-0.3, -0.25) is 9.59 Å². The molecule has 2 aromatic carbocycles. The minimum atomic E-state index is -0.0524. The number of halogens is 1. The Bertz CT molecular complexity index is 883. The van der Waals surface area contributed by atoms with Gasteiger partial charge in [0.2, 0.25) is 11.7 Å². The zero-order valence-corrected chi connectivity index (χ0v) is 18.1. The number of rotatable bonds is 6. The molecule has 8 heteroatoms. The minimum Gasteiger partial charge on any atom is -0.493 e. The maximum Gasteiger partial charge on any atom is 0.253 e. The second-order valence-electron chi connectivity index (χ2n) is 6.89. The van der Waals surface area contributed by atoms with Gasteiger partial charge in [0.05, 0.1) is 27.8 Å². The van der Waals surface area contributed by atoms with Crippen molar-refractivity contribution in [1.82, 2.24) is 9.80 Å². The Morgan fingerprint density at radius 2 is 1.40 bits per heavy atom. The highest BCUT2D eigenvalue weighted by molar-refractivity contribution is 6.30. The van der Waals surface area contributed by atoms with Crippen molar-refractivity contribution >= 4 is 23.4 Å². The SMILES string of the molecule is COc1cc(CC(=O)N2CCN(C(=O)c3ccc(Cl)cc3)CC2)cc(OC)c1OC. The Kier molecular flexibility index (Phi) is 7.05. The molecule has 0 saturated carbocycles. The van der Waals surface area contributed by atoms with Crippen LogP contribution in [0.5, 0.6) is 17.2 Å². The fraction of sp³-hybridized carbons (Fsp3) is 0.364. The normalized spacial score (nSPS) is 13.7. The van der Waals surface area contributed by atoms with Crippen LogP contribution in [0.15, 0.2) is 36.4 Å². The standard InChI is InChI=1S/C22H25ClN2O5/c1-28-18-12-15(13-19(29-2)21(18)30-3)14-20(26)24-8-10-25(11-9-24)22(27)16-4-6-17(23)7-5-16/h4-7,12-13H,8-11,14H2,1-3H3. The average Bonchev–Trinajstić information content (AvgIpc) is 2.78. The molecule has 3 rings (SSSR count). The van der Waals surface area contributed by atoms with Crippen LogP contribution in [0.3, 0.4) is 0 Å². The van der Waals surface area contributed by atoms with Gasteiger partial charge in [0.15, 0.2) is 11.5 Å². The van der Waals surface area contributed by atoms with Crippen LogP contribution in [0.25, 0.3) is 0 Å². The first-order chi connectivity index (χ1) is 14.5. The lowest BCUT2D eigenvalue weighted by atomic mass is 10.1. The molecule has 1 heterocycles. The topological polar surface area (TPSA) is 68.3 Å². The molecule has 0 aromatic heterocycles. The lowest BCUT2D eigenvalue weighted by Gasteiger charge is -2.35. The number of carbonyl (C=O) groups is 2. The monoisotopic (exact) mass is 432 g/mol. The molecule has 0 spiro atoms. The molecular formula is C22H25ClN2O5. The molecule has 7 nitrogen and oxygen atoms in total. The van der Waals surface area contributed by atoms with E-state index in [1.165, 1.54) is 7.11 Å². The summed E-state index contributed by atoms with van der Waals surface area (Å²) in [6.07, 6.45) is 0.210. The van der Waals surface area contributed by atoms with Crippen molar-refractivity contribution in [2.45, 2.75) is 6.42 Å². The van der Waals surface area contributed by atoms with Gasteiger partial charge in [-0.2, -0.15) is 0 Å². The van der Waals surface area contributed by atoms with Crippen molar-refractivity contribution in [2.24, 2.45) is 0 Å². The van der Waals surface area contributed by atoms with Crippen LogP contribution in [0.2, 0.25) is 5.02 Å². The first-order valence-corrected chi connectivity index (χ1v) is 9.96. The Balaban J connectivity index is 1.62. The summed E-state index contributed by atoms with van der Waals surface area (Å²) in [6, 6.07) is 10.4. The summed E-state index contributed by atoms with van der Waals surface area (Å²) < 4.78 is 16.0. The number of nitrogens with zero attached hydrogens (tertiary/aromatic N) is 2. The predicted molar refractivity (Wildman–Crippen MR) is 114 cm³/mol. The van der Waals surface area contributed by atoms with Gasteiger partial charge in [0.25, 0.3) is 5.91 Å². The van der Waals surface area contributed by atoms with Gasteiger partial charge < -0.3 is 24.0 Å². The van der Waals surface area contributed by atoms with Crippen molar-refractivity contribution < 1.29 is 23.8 Å². The molecule has 1 saturated heterocycles. The highest BCUT2D eigenvalue weighted by Gasteiger charge is 2.25. The highest BCUT2D eigenvalue weighted by atomic mass is 35.5. The fourth-order valence-electron chi connectivity index (χ4n) is 3.46. The van der Waals surface area contributed by atoms with E-state index in [4.69, 9.17) is 25.8 Å². The summed E-state index contributed by atoms with van der Waals surface area (Å²) in [5, 5.41) is 0.591. The Morgan fingerprint density at radius 1 is 0.867 bits per heavy atom. The van der Waals surface area contributed by atoms with Gasteiger partial charge >= 0.3 is 0 Å². The van der Waals surface area contributed by atoms with Gasteiger partial charge in [-0.05, 0) is 42.0 Å². The maximum atomic E-state index is 12.8. The van der Waals surface area contributed by atoms with E-state index in [1.54, 1.807) is 60.4 Å². The number of benzene rings is 2. The molecule has 2 amide bonds. The zero-order chi connectivity index (χ0) is 21.7. The van der Waals surface area contributed by atoms with Gasteiger partial charge in [-0.25, -0.2) is 0 Å². The second kappa shape index (κ2) is 9.71. The number of hydrogen-bond donors (Lipinski definition) is 0. The van der Waals surface area contributed by atoms with E-state index in [0.29, 0.717) is 54.0 Å². The first kappa shape index (κ1) is 21.8. The summed E-state index contributed by atoms with van der Waals surface area (Å²) in [5.41, 5.74) is 1.37. The Morgan fingerprint density at radius 3 is 1.90 bits per heavy atom. The van der Waals surface area contributed by atoms with Crippen molar-refractivity contribution in [2.75, 3.05) is 47.5 Å². The summed E-state index contributed by atoms with van der Waals surface area (Å²) in [4.78, 5) is 28.9. The van der Waals surface area contributed by atoms with Gasteiger partial charge in [-0.15, -0.1) is 0 Å². The number of carbonyl (C=O) groups excluding carboxylic acids is 2. The number of piperazine rings is 1. The smallest absolute Gasteiger partial charge is 0.253 e. The molecule has 1 aliphatic heterocycles. The van der Waals surface area contributed by atoms with Crippen LogP contribution in [-0.2, 0) is 11.2 Å². The molecule has 0 N–H and O–H groups in total. The van der Waals surface area contributed by atoms with E-state index in [2.05, 4.69) is 0 Å².